The molecule has 2 aliphatic rings. The molecule has 7 nitrogen and oxygen atoms in total. The SMILES string of the molecule is COc1ccc(C(=O)N2CCC(C(=O)NCCN3CCCCC3)C2)cn1. The van der Waals surface area contributed by atoms with Crippen molar-refractivity contribution in [1.29, 1.82) is 0 Å². The van der Waals surface area contributed by atoms with Gasteiger partial charge in [0, 0.05) is 38.4 Å². The lowest BCUT2D eigenvalue weighted by molar-refractivity contribution is -0.124. The Hall–Kier alpha value is -2.15. The number of carbonyl (C=O) groups excluding carboxylic acids is 2. The Kier molecular flexibility index (Phi) is 6.44. The van der Waals surface area contributed by atoms with Gasteiger partial charge in [0.1, 0.15) is 0 Å². The minimum absolute atomic E-state index is 0.0603. The van der Waals surface area contributed by atoms with Gasteiger partial charge in [0.05, 0.1) is 18.6 Å². The monoisotopic (exact) mass is 360 g/mol. The van der Waals surface area contributed by atoms with E-state index in [4.69, 9.17) is 4.74 Å². The van der Waals surface area contributed by atoms with E-state index in [1.807, 2.05) is 0 Å². The molecule has 2 saturated heterocycles. The van der Waals surface area contributed by atoms with Gasteiger partial charge in [-0.2, -0.15) is 0 Å². The molecule has 2 fully saturated rings. The van der Waals surface area contributed by atoms with Crippen LogP contribution in [0.2, 0.25) is 0 Å². The summed E-state index contributed by atoms with van der Waals surface area (Å²) >= 11 is 0. The maximum absolute atomic E-state index is 12.5. The summed E-state index contributed by atoms with van der Waals surface area (Å²) in [6.45, 7) is 4.95. The summed E-state index contributed by atoms with van der Waals surface area (Å²) in [5, 5.41) is 3.04. The van der Waals surface area contributed by atoms with Crippen molar-refractivity contribution >= 4 is 11.8 Å². The number of methoxy groups -OCH3 is 1. The maximum Gasteiger partial charge on any atom is 0.255 e. The Balaban J connectivity index is 1.43. The average molecular weight is 360 g/mol. The van der Waals surface area contributed by atoms with Crippen molar-refractivity contribution in [2.75, 3.05) is 46.4 Å². The molecule has 1 aromatic rings. The van der Waals surface area contributed by atoms with E-state index in [0.29, 0.717) is 37.5 Å². The number of carbonyl (C=O) groups is 2. The van der Waals surface area contributed by atoms with E-state index in [9.17, 15) is 9.59 Å². The van der Waals surface area contributed by atoms with Crippen LogP contribution in [0.4, 0.5) is 0 Å². The second kappa shape index (κ2) is 8.98. The molecule has 0 saturated carbocycles. The van der Waals surface area contributed by atoms with Gasteiger partial charge >= 0.3 is 0 Å². The van der Waals surface area contributed by atoms with Crippen LogP contribution in [0.1, 0.15) is 36.0 Å². The van der Waals surface area contributed by atoms with Gasteiger partial charge in [-0.25, -0.2) is 4.98 Å². The Labute approximate surface area is 154 Å². The first-order chi connectivity index (χ1) is 12.7. The van der Waals surface area contributed by atoms with Crippen LogP contribution in [0.3, 0.4) is 0 Å². The molecule has 26 heavy (non-hydrogen) atoms. The van der Waals surface area contributed by atoms with Gasteiger partial charge in [0.2, 0.25) is 11.8 Å². The zero-order chi connectivity index (χ0) is 18.4. The van der Waals surface area contributed by atoms with E-state index in [1.54, 1.807) is 24.1 Å². The lowest BCUT2D eigenvalue weighted by atomic mass is 10.1. The highest BCUT2D eigenvalue weighted by atomic mass is 16.5. The standard InChI is InChI=1S/C19H28N4O3/c1-26-17-6-5-15(13-21-17)19(25)23-11-7-16(14-23)18(24)20-8-12-22-9-3-2-4-10-22/h5-6,13,16H,2-4,7-12,14H2,1H3,(H,20,24). The Morgan fingerprint density at radius 2 is 2.04 bits per heavy atom. The summed E-state index contributed by atoms with van der Waals surface area (Å²) in [6, 6.07) is 3.38. The molecule has 3 rings (SSSR count). The molecule has 1 atom stereocenters. The largest absolute Gasteiger partial charge is 0.481 e. The fraction of sp³-hybridized carbons (Fsp3) is 0.632. The van der Waals surface area contributed by atoms with Crippen LogP contribution < -0.4 is 10.1 Å². The smallest absolute Gasteiger partial charge is 0.255 e. The highest BCUT2D eigenvalue weighted by Crippen LogP contribution is 2.19. The molecule has 0 aromatic carbocycles. The number of rotatable bonds is 6. The van der Waals surface area contributed by atoms with E-state index >= 15 is 0 Å². The third-order valence-corrected chi connectivity index (χ3v) is 5.21. The third-order valence-electron chi connectivity index (χ3n) is 5.21. The fourth-order valence-corrected chi connectivity index (χ4v) is 3.63. The minimum atomic E-state index is -0.119. The van der Waals surface area contributed by atoms with Gasteiger partial charge in [-0.05, 0) is 38.4 Å². The summed E-state index contributed by atoms with van der Waals surface area (Å²) in [4.78, 5) is 33.1. The van der Waals surface area contributed by atoms with Gasteiger partial charge in [-0.15, -0.1) is 0 Å². The van der Waals surface area contributed by atoms with Crippen molar-refractivity contribution in [3.63, 3.8) is 0 Å². The zero-order valence-corrected chi connectivity index (χ0v) is 15.4. The highest BCUT2D eigenvalue weighted by molar-refractivity contribution is 5.94. The number of pyridine rings is 1. The van der Waals surface area contributed by atoms with Gasteiger partial charge in [0.15, 0.2) is 0 Å². The molecule has 1 unspecified atom stereocenters. The predicted molar refractivity (Wildman–Crippen MR) is 98.1 cm³/mol. The molecule has 0 bridgehead atoms. The summed E-state index contributed by atoms with van der Waals surface area (Å²) in [5.74, 6) is 0.342. The van der Waals surface area contributed by atoms with Crippen molar-refractivity contribution in [2.24, 2.45) is 5.92 Å². The van der Waals surface area contributed by atoms with Crippen LogP contribution in [-0.2, 0) is 4.79 Å². The number of amides is 2. The third kappa shape index (κ3) is 4.72. The maximum atomic E-state index is 12.5. The normalized spacial score (nSPS) is 20.8. The van der Waals surface area contributed by atoms with Crippen molar-refractivity contribution in [1.82, 2.24) is 20.1 Å². The van der Waals surface area contributed by atoms with Gasteiger partial charge in [0.25, 0.3) is 5.91 Å². The quantitative estimate of drug-likeness (QED) is 0.824. The Morgan fingerprint density at radius 3 is 2.73 bits per heavy atom. The second-order valence-corrected chi connectivity index (χ2v) is 7.02. The van der Waals surface area contributed by atoms with Crippen molar-refractivity contribution < 1.29 is 14.3 Å². The summed E-state index contributed by atoms with van der Waals surface area (Å²) < 4.78 is 5.01. The van der Waals surface area contributed by atoms with Crippen molar-refractivity contribution in [3.8, 4) is 5.88 Å². The van der Waals surface area contributed by atoms with E-state index in [1.165, 1.54) is 25.5 Å². The summed E-state index contributed by atoms with van der Waals surface area (Å²) in [7, 11) is 1.54. The molecule has 3 heterocycles. The van der Waals surface area contributed by atoms with Crippen LogP contribution in [0.5, 0.6) is 5.88 Å². The molecule has 0 radical (unpaired) electrons. The number of hydrogen-bond acceptors (Lipinski definition) is 5. The van der Waals surface area contributed by atoms with Crippen molar-refractivity contribution in [3.05, 3.63) is 23.9 Å². The van der Waals surface area contributed by atoms with E-state index in [2.05, 4.69) is 15.2 Å². The first-order valence-electron chi connectivity index (χ1n) is 9.47. The molecule has 0 aliphatic carbocycles. The van der Waals surface area contributed by atoms with Crippen molar-refractivity contribution in [2.45, 2.75) is 25.7 Å². The molecule has 0 spiro atoms. The molecule has 1 N–H and O–H groups in total. The molecular weight excluding hydrogens is 332 g/mol. The van der Waals surface area contributed by atoms with Crippen LogP contribution in [0.15, 0.2) is 18.3 Å². The van der Waals surface area contributed by atoms with Gasteiger partial charge < -0.3 is 19.9 Å². The number of nitrogens with one attached hydrogen (secondary N) is 1. The Bertz CT molecular complexity index is 614. The number of aromatic nitrogens is 1. The highest BCUT2D eigenvalue weighted by Gasteiger charge is 2.31. The lowest BCUT2D eigenvalue weighted by Gasteiger charge is -2.26. The second-order valence-electron chi connectivity index (χ2n) is 7.02. The number of nitrogens with zero attached hydrogens (tertiary/aromatic N) is 3. The van der Waals surface area contributed by atoms with Crippen LogP contribution in [0, 0.1) is 5.92 Å². The molecule has 2 aliphatic heterocycles. The predicted octanol–water partition coefficient (Wildman–Crippen LogP) is 1.15. The van der Waals surface area contributed by atoms with Crippen LogP contribution >= 0.6 is 0 Å². The van der Waals surface area contributed by atoms with Crippen LogP contribution in [0.25, 0.3) is 0 Å². The number of ether oxygens (including phenoxy) is 1. The summed E-state index contributed by atoms with van der Waals surface area (Å²) in [6.07, 6.45) is 6.07. The number of hydrogen-bond donors (Lipinski definition) is 1. The first-order valence-corrected chi connectivity index (χ1v) is 9.47. The topological polar surface area (TPSA) is 74.8 Å². The number of piperidine rings is 1. The Morgan fingerprint density at radius 1 is 1.23 bits per heavy atom. The molecular formula is C19H28N4O3. The molecule has 142 valence electrons. The van der Waals surface area contributed by atoms with Gasteiger partial charge in [-0.3, -0.25) is 9.59 Å². The van der Waals surface area contributed by atoms with Crippen LogP contribution in [-0.4, -0.2) is 73.0 Å². The average Bonchev–Trinajstić information content (AvgIpc) is 3.18. The van der Waals surface area contributed by atoms with E-state index < -0.39 is 0 Å². The van der Waals surface area contributed by atoms with Gasteiger partial charge in [-0.1, -0.05) is 6.42 Å². The fourth-order valence-electron chi connectivity index (χ4n) is 3.63. The van der Waals surface area contributed by atoms with E-state index in [0.717, 1.165) is 19.6 Å². The zero-order valence-electron chi connectivity index (χ0n) is 15.4. The number of likely N-dealkylation sites (tertiary alicyclic amines) is 2. The minimum Gasteiger partial charge on any atom is -0.481 e. The molecule has 7 heteroatoms. The molecule has 2 amide bonds. The molecule has 1 aromatic heterocycles. The first kappa shape index (κ1) is 18.6. The lowest BCUT2D eigenvalue weighted by Crippen LogP contribution is -2.40. The van der Waals surface area contributed by atoms with E-state index in [-0.39, 0.29) is 17.7 Å². The summed E-state index contributed by atoms with van der Waals surface area (Å²) in [5.41, 5.74) is 0.525.